The molecule has 170 valence electrons. The number of carbonyl (C=O) groups excluding carboxylic acids is 2. The van der Waals surface area contributed by atoms with E-state index in [0.717, 1.165) is 22.2 Å². The van der Waals surface area contributed by atoms with Gasteiger partial charge in [0.15, 0.2) is 0 Å². The van der Waals surface area contributed by atoms with Crippen molar-refractivity contribution in [3.63, 3.8) is 0 Å². The smallest absolute Gasteiger partial charge is 0.248 e. The summed E-state index contributed by atoms with van der Waals surface area (Å²) in [5.74, 6) is -0.506. The van der Waals surface area contributed by atoms with Crippen molar-refractivity contribution in [1.82, 2.24) is 20.2 Å². The molecule has 4 rings (SSSR count). The summed E-state index contributed by atoms with van der Waals surface area (Å²) in [5, 5.41) is 13.0. The Hall–Kier alpha value is -3.46. The van der Waals surface area contributed by atoms with Crippen LogP contribution in [0, 0.1) is 12.7 Å². The molecule has 1 aliphatic heterocycles. The number of amides is 2. The highest BCUT2D eigenvalue weighted by molar-refractivity contribution is 5.84. The summed E-state index contributed by atoms with van der Waals surface area (Å²) in [6.45, 7) is 2.94. The van der Waals surface area contributed by atoms with Gasteiger partial charge in [0.1, 0.15) is 11.9 Å². The third-order valence-electron chi connectivity index (χ3n) is 5.36. The fourth-order valence-electron chi connectivity index (χ4n) is 3.66. The molecular weight excluding hydrogens is 415 g/mol. The van der Waals surface area contributed by atoms with Gasteiger partial charge < -0.3 is 25.3 Å². The Morgan fingerprint density at radius 2 is 1.97 bits per heavy atom. The number of nitrogens with zero attached hydrogens (tertiary/aromatic N) is 1. The third-order valence-corrected chi connectivity index (χ3v) is 5.36. The van der Waals surface area contributed by atoms with Gasteiger partial charge in [-0.1, -0.05) is 12.1 Å². The minimum atomic E-state index is -0.664. The highest BCUT2D eigenvalue weighted by Crippen LogP contribution is 2.13. The standard InChI is InChI=1S/C15H19FN2O3.C8H8N2O/c16-12-3-1-11(2-4-12)9-14(17-10-19)15(21)18-7-5-13(20)6-8-18;1-5-2-6-3-8(11)9-4-7(6)10-5/h1-4,10,13-14,20H,5-9H2,(H,17,19);2-4,10H,1H3,(H,9,11). The van der Waals surface area contributed by atoms with Crippen LogP contribution in [0.5, 0.6) is 0 Å². The van der Waals surface area contributed by atoms with Crippen molar-refractivity contribution in [2.24, 2.45) is 0 Å². The van der Waals surface area contributed by atoms with Crippen molar-refractivity contribution >= 4 is 23.2 Å². The molecule has 0 radical (unpaired) electrons. The van der Waals surface area contributed by atoms with E-state index in [4.69, 9.17) is 0 Å². The van der Waals surface area contributed by atoms with E-state index in [2.05, 4.69) is 15.3 Å². The van der Waals surface area contributed by atoms with Gasteiger partial charge in [0, 0.05) is 42.9 Å². The predicted octanol–water partition coefficient (Wildman–Crippen LogP) is 1.63. The Labute approximate surface area is 184 Å². The van der Waals surface area contributed by atoms with Gasteiger partial charge in [0.2, 0.25) is 17.9 Å². The molecule has 1 saturated heterocycles. The molecule has 32 heavy (non-hydrogen) atoms. The molecule has 1 aromatic carbocycles. The van der Waals surface area contributed by atoms with Crippen LogP contribution in [0.1, 0.15) is 24.1 Å². The Kier molecular flexibility index (Phi) is 7.77. The van der Waals surface area contributed by atoms with Crippen LogP contribution in [0.3, 0.4) is 0 Å². The van der Waals surface area contributed by atoms with E-state index in [1.54, 1.807) is 29.3 Å². The molecular formula is C23H27FN4O4. The van der Waals surface area contributed by atoms with Crippen molar-refractivity contribution in [3.8, 4) is 0 Å². The van der Waals surface area contributed by atoms with E-state index in [1.165, 1.54) is 12.1 Å². The van der Waals surface area contributed by atoms with Crippen molar-refractivity contribution in [3.05, 3.63) is 70.0 Å². The Morgan fingerprint density at radius 3 is 2.62 bits per heavy atom. The normalized spacial score (nSPS) is 15.0. The summed E-state index contributed by atoms with van der Waals surface area (Å²) in [6, 6.07) is 8.72. The van der Waals surface area contributed by atoms with Crippen LogP contribution in [0.15, 0.2) is 47.4 Å². The maximum Gasteiger partial charge on any atom is 0.248 e. The molecule has 2 aromatic heterocycles. The average Bonchev–Trinajstić information content (AvgIpc) is 3.14. The molecule has 1 fully saturated rings. The number of fused-ring (bicyclic) bond motifs is 1. The number of aryl methyl sites for hydroxylation is 1. The first kappa shape index (κ1) is 23.2. The second-order valence-corrected chi connectivity index (χ2v) is 7.84. The number of aliphatic hydroxyl groups excluding tert-OH is 1. The molecule has 3 aromatic rings. The van der Waals surface area contributed by atoms with E-state index in [1.807, 2.05) is 13.0 Å². The van der Waals surface area contributed by atoms with Crippen LogP contribution in [0.2, 0.25) is 0 Å². The summed E-state index contributed by atoms with van der Waals surface area (Å²) >= 11 is 0. The van der Waals surface area contributed by atoms with Gasteiger partial charge in [-0.25, -0.2) is 4.39 Å². The lowest BCUT2D eigenvalue weighted by Gasteiger charge is -2.32. The number of benzene rings is 1. The van der Waals surface area contributed by atoms with E-state index >= 15 is 0 Å². The van der Waals surface area contributed by atoms with E-state index in [9.17, 15) is 23.9 Å². The number of rotatable bonds is 5. The molecule has 1 aliphatic rings. The highest BCUT2D eigenvalue weighted by Gasteiger charge is 2.27. The fraction of sp³-hybridized carbons (Fsp3) is 0.348. The zero-order chi connectivity index (χ0) is 23.1. The summed E-state index contributed by atoms with van der Waals surface area (Å²) < 4.78 is 12.9. The lowest BCUT2D eigenvalue weighted by Crippen LogP contribution is -2.50. The first-order chi connectivity index (χ1) is 15.4. The molecule has 1 atom stereocenters. The molecule has 8 nitrogen and oxygen atoms in total. The van der Waals surface area contributed by atoms with Gasteiger partial charge in [0.05, 0.1) is 11.6 Å². The highest BCUT2D eigenvalue weighted by atomic mass is 19.1. The van der Waals surface area contributed by atoms with Crippen LogP contribution < -0.4 is 10.9 Å². The summed E-state index contributed by atoms with van der Waals surface area (Å²) in [7, 11) is 0. The first-order valence-electron chi connectivity index (χ1n) is 10.4. The number of likely N-dealkylation sites (tertiary alicyclic amines) is 1. The van der Waals surface area contributed by atoms with Gasteiger partial charge in [0.25, 0.3) is 0 Å². The molecule has 2 amide bonds. The minimum Gasteiger partial charge on any atom is -0.393 e. The van der Waals surface area contributed by atoms with Gasteiger partial charge >= 0.3 is 0 Å². The summed E-state index contributed by atoms with van der Waals surface area (Å²) in [4.78, 5) is 41.3. The van der Waals surface area contributed by atoms with Crippen molar-refractivity contribution in [2.45, 2.75) is 38.3 Å². The summed E-state index contributed by atoms with van der Waals surface area (Å²) in [5.41, 5.74) is 2.76. The number of aliphatic hydroxyl groups is 1. The number of aromatic nitrogens is 2. The quantitative estimate of drug-likeness (QED) is 0.449. The number of halogens is 1. The maximum absolute atomic E-state index is 12.9. The molecule has 1 unspecified atom stereocenters. The number of nitrogens with one attached hydrogen (secondary N) is 3. The number of hydrogen-bond acceptors (Lipinski definition) is 4. The zero-order valence-electron chi connectivity index (χ0n) is 17.8. The largest absolute Gasteiger partial charge is 0.393 e. The van der Waals surface area contributed by atoms with E-state index in [-0.39, 0.29) is 23.4 Å². The van der Waals surface area contributed by atoms with Crippen LogP contribution >= 0.6 is 0 Å². The van der Waals surface area contributed by atoms with Crippen LogP contribution in [0.4, 0.5) is 4.39 Å². The van der Waals surface area contributed by atoms with Crippen LogP contribution in [-0.2, 0) is 16.0 Å². The van der Waals surface area contributed by atoms with Gasteiger partial charge in [-0.15, -0.1) is 0 Å². The predicted molar refractivity (Wildman–Crippen MR) is 119 cm³/mol. The lowest BCUT2D eigenvalue weighted by molar-refractivity contribution is -0.136. The monoisotopic (exact) mass is 442 g/mol. The molecule has 0 bridgehead atoms. The van der Waals surface area contributed by atoms with Crippen molar-refractivity contribution in [2.75, 3.05) is 13.1 Å². The lowest BCUT2D eigenvalue weighted by atomic mass is 10.0. The summed E-state index contributed by atoms with van der Waals surface area (Å²) in [6.07, 6.45) is 3.25. The molecule has 9 heteroatoms. The number of carbonyl (C=O) groups is 2. The number of piperidine rings is 1. The van der Waals surface area contributed by atoms with Gasteiger partial charge in [-0.3, -0.25) is 14.4 Å². The number of pyridine rings is 1. The Bertz CT molecular complexity index is 1100. The SMILES string of the molecule is Cc1cc2cc(=O)[nH]cc2[nH]1.O=CNC(Cc1ccc(F)cc1)C(=O)N1CCC(O)CC1. The molecule has 0 spiro atoms. The minimum absolute atomic E-state index is 0.0588. The van der Waals surface area contributed by atoms with Crippen LogP contribution in [0.25, 0.3) is 10.9 Å². The fourth-order valence-corrected chi connectivity index (χ4v) is 3.66. The van der Waals surface area contributed by atoms with Crippen molar-refractivity contribution < 1.29 is 19.1 Å². The average molecular weight is 442 g/mol. The number of H-pyrrole nitrogens is 2. The topological polar surface area (TPSA) is 118 Å². The molecule has 3 heterocycles. The third kappa shape index (κ3) is 6.27. The van der Waals surface area contributed by atoms with Crippen molar-refractivity contribution in [1.29, 1.82) is 0 Å². The number of hydrogen-bond donors (Lipinski definition) is 4. The zero-order valence-corrected chi connectivity index (χ0v) is 17.8. The molecule has 0 saturated carbocycles. The molecule has 0 aliphatic carbocycles. The second-order valence-electron chi connectivity index (χ2n) is 7.84. The van der Waals surface area contributed by atoms with E-state index in [0.29, 0.717) is 38.8 Å². The van der Waals surface area contributed by atoms with E-state index < -0.39 is 6.04 Å². The van der Waals surface area contributed by atoms with Gasteiger partial charge in [-0.05, 0) is 43.5 Å². The Balaban J connectivity index is 0.000000219. The first-order valence-corrected chi connectivity index (χ1v) is 10.4. The second kappa shape index (κ2) is 10.7. The van der Waals surface area contributed by atoms with Crippen LogP contribution in [-0.4, -0.2) is 57.5 Å². The Morgan fingerprint density at radius 1 is 1.28 bits per heavy atom. The maximum atomic E-state index is 12.9. The molecule has 4 N–H and O–H groups in total. The number of aromatic amines is 2. The van der Waals surface area contributed by atoms with Gasteiger partial charge in [-0.2, -0.15) is 0 Å².